The molecule has 0 fully saturated rings. The minimum absolute atomic E-state index is 0.0777. The normalized spacial score (nSPS) is 10.7. The summed E-state index contributed by atoms with van der Waals surface area (Å²) >= 11 is 2.98. The number of halogens is 1. The molecule has 0 aliphatic heterocycles. The monoisotopic (exact) mass is 246 g/mol. The van der Waals surface area contributed by atoms with Crippen molar-refractivity contribution in [3.8, 4) is 0 Å². The predicted octanol–water partition coefficient (Wildman–Crippen LogP) is 0.494. The zero-order chi connectivity index (χ0) is 8.91. The predicted molar refractivity (Wildman–Crippen MR) is 41.1 cm³/mol. The molecule has 0 rings (SSSR count). The van der Waals surface area contributed by atoms with Crippen molar-refractivity contribution in [2.24, 2.45) is 0 Å². The summed E-state index contributed by atoms with van der Waals surface area (Å²) in [7, 11) is -3.74. The highest BCUT2D eigenvalue weighted by Gasteiger charge is 2.10. The molecule has 0 aromatic carbocycles. The Kier molecular flexibility index (Phi) is 4.43. The third kappa shape index (κ3) is 7.60. The molecule has 0 radical (unpaired) electrons. The highest BCUT2D eigenvalue weighted by atomic mass is 79.9. The van der Waals surface area contributed by atoms with Crippen LogP contribution >= 0.6 is 15.9 Å². The molecule has 0 spiro atoms. The summed E-state index contributed by atoms with van der Waals surface area (Å²) in [5.41, 5.74) is 0. The fourth-order valence-corrected chi connectivity index (χ4v) is 0.727. The van der Waals surface area contributed by atoms with Crippen molar-refractivity contribution in [1.29, 1.82) is 0 Å². The van der Waals surface area contributed by atoms with E-state index in [-0.39, 0.29) is 6.61 Å². The fraction of sp³-hybridized carbons (Fsp3) is 0.750. The summed E-state index contributed by atoms with van der Waals surface area (Å²) in [5, 5.41) is 0.436. The largest absolute Gasteiger partial charge is 0.524 e. The van der Waals surface area contributed by atoms with Crippen LogP contribution in [0.5, 0.6) is 0 Å². The molecule has 66 valence electrons. The standard InChI is InChI=1S/C4H7BrO5S/c1-11(7,8)10-4(6)9-3-2-5/h2-3H2,1H3. The minimum Gasteiger partial charge on any atom is -0.433 e. The fourth-order valence-electron chi connectivity index (χ4n) is 0.270. The van der Waals surface area contributed by atoms with E-state index in [0.717, 1.165) is 6.26 Å². The molecule has 0 unspecified atom stereocenters. The maximum absolute atomic E-state index is 10.4. The van der Waals surface area contributed by atoms with Gasteiger partial charge in [-0.1, -0.05) is 15.9 Å². The number of carbonyl (C=O) groups excluding carboxylic acids is 1. The van der Waals surface area contributed by atoms with E-state index in [2.05, 4.69) is 24.8 Å². The average Bonchev–Trinajstić information content (AvgIpc) is 1.79. The molecule has 0 saturated carbocycles. The highest BCUT2D eigenvalue weighted by Crippen LogP contribution is 1.92. The molecule has 0 bridgehead atoms. The lowest BCUT2D eigenvalue weighted by atomic mass is 10.9. The molecule has 0 atom stereocenters. The summed E-state index contributed by atoms with van der Waals surface area (Å²) in [5.74, 6) is 0. The van der Waals surface area contributed by atoms with Gasteiger partial charge in [-0.05, 0) is 0 Å². The zero-order valence-electron chi connectivity index (χ0n) is 5.74. The van der Waals surface area contributed by atoms with E-state index in [1.165, 1.54) is 0 Å². The molecular formula is C4H7BrO5S. The van der Waals surface area contributed by atoms with Crippen LogP contribution in [0.1, 0.15) is 0 Å². The van der Waals surface area contributed by atoms with E-state index in [9.17, 15) is 13.2 Å². The van der Waals surface area contributed by atoms with Crippen molar-refractivity contribution >= 4 is 32.2 Å². The van der Waals surface area contributed by atoms with Gasteiger partial charge in [-0.15, -0.1) is 0 Å². The highest BCUT2D eigenvalue weighted by molar-refractivity contribution is 9.09. The van der Waals surface area contributed by atoms with E-state index in [0.29, 0.717) is 5.33 Å². The Balaban J connectivity index is 3.71. The minimum atomic E-state index is -3.74. The number of rotatable bonds is 3. The number of alkyl halides is 1. The Bertz CT molecular complexity index is 221. The molecule has 0 aromatic heterocycles. The summed E-state index contributed by atoms with van der Waals surface area (Å²) in [6, 6.07) is 0. The van der Waals surface area contributed by atoms with Gasteiger partial charge in [-0.25, -0.2) is 4.79 Å². The van der Waals surface area contributed by atoms with Crippen LogP contribution in [0.15, 0.2) is 0 Å². The van der Waals surface area contributed by atoms with Crippen molar-refractivity contribution in [3.63, 3.8) is 0 Å². The molecular weight excluding hydrogens is 240 g/mol. The van der Waals surface area contributed by atoms with Crippen molar-refractivity contribution in [3.05, 3.63) is 0 Å². The Hall–Kier alpha value is -0.300. The second kappa shape index (κ2) is 4.55. The van der Waals surface area contributed by atoms with Crippen LogP contribution in [0.4, 0.5) is 4.79 Å². The van der Waals surface area contributed by atoms with Gasteiger partial charge in [0.05, 0.1) is 6.26 Å². The third-order valence-corrected chi connectivity index (χ3v) is 1.28. The van der Waals surface area contributed by atoms with Crippen LogP contribution in [0, 0.1) is 0 Å². The summed E-state index contributed by atoms with van der Waals surface area (Å²) in [4.78, 5) is 10.4. The van der Waals surface area contributed by atoms with Crippen LogP contribution in [0.2, 0.25) is 0 Å². The van der Waals surface area contributed by atoms with Gasteiger partial charge in [0.1, 0.15) is 6.61 Å². The smallest absolute Gasteiger partial charge is 0.433 e. The molecule has 5 nitrogen and oxygen atoms in total. The summed E-state index contributed by atoms with van der Waals surface area (Å²) in [6.45, 7) is 0.0777. The second-order valence-corrected chi connectivity index (χ2v) is 3.94. The molecule has 0 N–H and O–H groups in total. The van der Waals surface area contributed by atoms with Gasteiger partial charge in [0.2, 0.25) is 0 Å². The summed E-state index contributed by atoms with van der Waals surface area (Å²) < 4.78 is 28.7. The maximum atomic E-state index is 10.4. The number of hydrogen-bond donors (Lipinski definition) is 0. The first-order chi connectivity index (χ1) is 4.95. The van der Waals surface area contributed by atoms with Gasteiger partial charge in [0.15, 0.2) is 0 Å². The van der Waals surface area contributed by atoms with Gasteiger partial charge >= 0.3 is 16.3 Å². The van der Waals surface area contributed by atoms with Crippen LogP contribution in [0.3, 0.4) is 0 Å². The van der Waals surface area contributed by atoms with E-state index in [4.69, 9.17) is 0 Å². The van der Waals surface area contributed by atoms with Gasteiger partial charge in [-0.3, -0.25) is 0 Å². The number of carbonyl (C=O) groups is 1. The molecule has 0 aromatic rings. The molecule has 0 heterocycles. The Labute approximate surface area is 72.9 Å². The lowest BCUT2D eigenvalue weighted by molar-refractivity contribution is 0.108. The van der Waals surface area contributed by atoms with Crippen molar-refractivity contribution in [2.45, 2.75) is 0 Å². The van der Waals surface area contributed by atoms with E-state index in [1.54, 1.807) is 0 Å². The first-order valence-corrected chi connectivity index (χ1v) is 5.51. The lowest BCUT2D eigenvalue weighted by Crippen LogP contribution is -2.13. The molecule has 0 amide bonds. The Morgan fingerprint density at radius 2 is 2.09 bits per heavy atom. The Morgan fingerprint density at radius 1 is 1.55 bits per heavy atom. The van der Waals surface area contributed by atoms with E-state index in [1.807, 2.05) is 0 Å². The molecule has 0 saturated heterocycles. The number of hydrogen-bond acceptors (Lipinski definition) is 5. The molecule has 7 heteroatoms. The zero-order valence-corrected chi connectivity index (χ0v) is 8.14. The van der Waals surface area contributed by atoms with Gasteiger partial charge in [0.25, 0.3) is 0 Å². The third-order valence-electron chi connectivity index (χ3n) is 0.516. The van der Waals surface area contributed by atoms with E-state index >= 15 is 0 Å². The quantitative estimate of drug-likeness (QED) is 0.412. The van der Waals surface area contributed by atoms with Crippen LogP contribution < -0.4 is 0 Å². The first kappa shape index (κ1) is 10.7. The summed E-state index contributed by atoms with van der Waals surface area (Å²) in [6.07, 6.45) is -0.436. The van der Waals surface area contributed by atoms with Crippen molar-refractivity contribution in [1.82, 2.24) is 0 Å². The van der Waals surface area contributed by atoms with Crippen LogP contribution in [-0.2, 0) is 19.0 Å². The average molecular weight is 247 g/mol. The lowest BCUT2D eigenvalue weighted by Gasteiger charge is -2.00. The SMILES string of the molecule is CS(=O)(=O)OC(=O)OCCBr. The van der Waals surface area contributed by atoms with Crippen LogP contribution in [-0.4, -0.2) is 32.8 Å². The topological polar surface area (TPSA) is 69.7 Å². The molecule has 11 heavy (non-hydrogen) atoms. The van der Waals surface area contributed by atoms with Gasteiger partial charge in [0, 0.05) is 5.33 Å². The van der Waals surface area contributed by atoms with E-state index < -0.39 is 16.3 Å². The molecule has 0 aliphatic rings. The van der Waals surface area contributed by atoms with Gasteiger partial charge in [-0.2, -0.15) is 8.42 Å². The first-order valence-electron chi connectivity index (χ1n) is 2.58. The Morgan fingerprint density at radius 3 is 2.45 bits per heavy atom. The molecule has 0 aliphatic carbocycles. The second-order valence-electron chi connectivity index (χ2n) is 1.57. The van der Waals surface area contributed by atoms with Crippen molar-refractivity contribution < 1.29 is 22.1 Å². The van der Waals surface area contributed by atoms with Gasteiger partial charge < -0.3 is 8.92 Å². The van der Waals surface area contributed by atoms with Crippen molar-refractivity contribution in [2.75, 3.05) is 18.2 Å². The maximum Gasteiger partial charge on any atom is 0.524 e. The van der Waals surface area contributed by atoms with Crippen LogP contribution in [0.25, 0.3) is 0 Å². The number of ether oxygens (including phenoxy) is 1.